The number of benzene rings is 1. The number of rotatable bonds is 8. The highest BCUT2D eigenvalue weighted by atomic mass is 127. The quantitative estimate of drug-likeness (QED) is 0.198. The molecule has 0 aliphatic carbocycles. The summed E-state index contributed by atoms with van der Waals surface area (Å²) in [6.45, 7) is 4.50. The third kappa shape index (κ3) is 5.91. The van der Waals surface area contributed by atoms with Gasteiger partial charge in [0.15, 0.2) is 5.96 Å². The van der Waals surface area contributed by atoms with Gasteiger partial charge in [0.05, 0.1) is 11.0 Å². The van der Waals surface area contributed by atoms with Crippen LogP contribution in [0.25, 0.3) is 11.0 Å². The van der Waals surface area contributed by atoms with Gasteiger partial charge in [-0.15, -0.1) is 34.2 Å². The van der Waals surface area contributed by atoms with Crippen molar-refractivity contribution in [1.29, 1.82) is 0 Å². The minimum Gasteiger partial charge on any atom is -0.356 e. The van der Waals surface area contributed by atoms with Crippen LogP contribution in [0.1, 0.15) is 25.0 Å². The maximum Gasteiger partial charge on any atom is 0.191 e. The number of aryl methyl sites for hydroxylation is 2. The van der Waals surface area contributed by atoms with E-state index in [1.54, 1.807) is 13.4 Å². The number of nitrogens with one attached hydrogen (secondary N) is 3. The minimum absolute atomic E-state index is 0. The van der Waals surface area contributed by atoms with Crippen molar-refractivity contribution >= 4 is 41.0 Å². The molecule has 3 aromatic rings. The number of halogens is 1. The van der Waals surface area contributed by atoms with E-state index in [1.807, 2.05) is 18.2 Å². The van der Waals surface area contributed by atoms with Crippen molar-refractivity contribution in [2.45, 2.75) is 32.7 Å². The number of imidazole rings is 1. The topological polar surface area (TPSA) is 95.8 Å². The maximum atomic E-state index is 4.60. The lowest BCUT2D eigenvalue weighted by atomic mass is 10.3. The summed E-state index contributed by atoms with van der Waals surface area (Å²) in [6.07, 6.45) is 4.53. The van der Waals surface area contributed by atoms with Crippen LogP contribution < -0.4 is 10.6 Å². The second kappa shape index (κ2) is 10.9. The van der Waals surface area contributed by atoms with Crippen molar-refractivity contribution in [3.63, 3.8) is 0 Å². The highest BCUT2D eigenvalue weighted by Gasteiger charge is 2.04. The summed E-state index contributed by atoms with van der Waals surface area (Å²) in [6, 6.07) is 8.10. The van der Waals surface area contributed by atoms with Crippen LogP contribution in [0.4, 0.5) is 0 Å². The maximum absolute atomic E-state index is 4.60. The van der Waals surface area contributed by atoms with Crippen molar-refractivity contribution < 1.29 is 0 Å². The Morgan fingerprint density at radius 2 is 2.04 bits per heavy atom. The van der Waals surface area contributed by atoms with Crippen molar-refractivity contribution in [1.82, 2.24) is 35.4 Å². The third-order valence-electron chi connectivity index (χ3n) is 4.20. The minimum atomic E-state index is 0. The molecule has 0 unspecified atom stereocenters. The largest absolute Gasteiger partial charge is 0.356 e. The Kier molecular flexibility index (Phi) is 8.49. The zero-order chi connectivity index (χ0) is 18.2. The molecule has 146 valence electrons. The lowest BCUT2D eigenvalue weighted by molar-refractivity contribution is 0.630. The summed E-state index contributed by atoms with van der Waals surface area (Å²) in [4.78, 5) is 12.2. The number of guanidine groups is 1. The second-order valence-electron chi connectivity index (χ2n) is 6.02. The van der Waals surface area contributed by atoms with Gasteiger partial charge in [-0.2, -0.15) is 0 Å². The van der Waals surface area contributed by atoms with E-state index in [4.69, 9.17) is 0 Å². The molecule has 3 rings (SSSR count). The molecule has 0 spiro atoms. The van der Waals surface area contributed by atoms with Crippen LogP contribution in [0.15, 0.2) is 35.6 Å². The Hall–Kier alpha value is -2.17. The fourth-order valence-electron chi connectivity index (χ4n) is 2.84. The van der Waals surface area contributed by atoms with Crippen molar-refractivity contribution in [3.8, 4) is 0 Å². The molecule has 2 heterocycles. The zero-order valence-corrected chi connectivity index (χ0v) is 18.1. The van der Waals surface area contributed by atoms with Crippen LogP contribution >= 0.6 is 24.0 Å². The number of H-pyrrole nitrogens is 1. The molecule has 27 heavy (non-hydrogen) atoms. The monoisotopic (exact) mass is 482 g/mol. The van der Waals surface area contributed by atoms with Gasteiger partial charge >= 0.3 is 0 Å². The van der Waals surface area contributed by atoms with Crippen LogP contribution in [0, 0.1) is 0 Å². The van der Waals surface area contributed by atoms with E-state index < -0.39 is 0 Å². The number of aromatic nitrogens is 5. The smallest absolute Gasteiger partial charge is 0.191 e. The average molecular weight is 482 g/mol. The molecule has 0 bridgehead atoms. The number of para-hydroxylation sites is 2. The Balaban J connectivity index is 0.00000261. The molecule has 0 saturated carbocycles. The van der Waals surface area contributed by atoms with Crippen molar-refractivity contribution in [3.05, 3.63) is 42.2 Å². The molecular weight excluding hydrogens is 455 g/mol. The molecule has 0 radical (unpaired) electrons. The first-order chi connectivity index (χ1) is 12.8. The molecule has 1 aromatic carbocycles. The SMILES string of the molecule is CCc1nncn1CCNC(=NC)NCCCc1nc2ccccc2[nH]1.I. The van der Waals surface area contributed by atoms with Crippen LogP contribution in [0.3, 0.4) is 0 Å². The summed E-state index contributed by atoms with van der Waals surface area (Å²) >= 11 is 0. The first kappa shape index (κ1) is 21.1. The standard InChI is InChI=1S/C18H26N8.HI/c1-3-17-25-22-13-26(17)12-11-21-18(19-2)20-10-6-9-16-23-14-7-4-5-8-15(14)24-16;/h4-5,7-8,13H,3,6,9-12H2,1-2H3,(H,23,24)(H2,19,20,21);1H. The van der Waals surface area contributed by atoms with E-state index in [1.165, 1.54) is 0 Å². The number of hydrogen-bond donors (Lipinski definition) is 3. The molecule has 0 aliphatic rings. The van der Waals surface area contributed by atoms with E-state index in [0.29, 0.717) is 0 Å². The fraction of sp³-hybridized carbons (Fsp3) is 0.444. The van der Waals surface area contributed by atoms with E-state index in [-0.39, 0.29) is 24.0 Å². The number of hydrogen-bond acceptors (Lipinski definition) is 4. The first-order valence-corrected chi connectivity index (χ1v) is 9.05. The van der Waals surface area contributed by atoms with Gasteiger partial charge in [0.2, 0.25) is 0 Å². The predicted octanol–water partition coefficient (Wildman–Crippen LogP) is 2.13. The molecule has 2 aromatic heterocycles. The van der Waals surface area contributed by atoms with Gasteiger partial charge in [0, 0.05) is 39.5 Å². The van der Waals surface area contributed by atoms with Crippen molar-refractivity contribution in [2.75, 3.05) is 20.1 Å². The van der Waals surface area contributed by atoms with Gasteiger partial charge < -0.3 is 20.2 Å². The highest BCUT2D eigenvalue weighted by Crippen LogP contribution is 2.11. The summed E-state index contributed by atoms with van der Waals surface area (Å²) in [5.74, 6) is 2.83. The normalized spacial score (nSPS) is 11.4. The van der Waals surface area contributed by atoms with Gasteiger partial charge in [0.25, 0.3) is 0 Å². The Bertz CT molecular complexity index is 821. The lowest BCUT2D eigenvalue weighted by Gasteiger charge is -2.12. The summed E-state index contributed by atoms with van der Waals surface area (Å²) in [5.41, 5.74) is 2.11. The van der Waals surface area contributed by atoms with Gasteiger partial charge in [-0.1, -0.05) is 19.1 Å². The Morgan fingerprint density at radius 3 is 2.81 bits per heavy atom. The summed E-state index contributed by atoms with van der Waals surface area (Å²) < 4.78 is 2.06. The average Bonchev–Trinajstić information content (AvgIpc) is 3.29. The molecule has 0 atom stereocenters. The van der Waals surface area contributed by atoms with E-state index in [0.717, 1.165) is 67.5 Å². The Labute approximate surface area is 176 Å². The van der Waals surface area contributed by atoms with Gasteiger partial charge in [0.1, 0.15) is 18.0 Å². The van der Waals surface area contributed by atoms with E-state index >= 15 is 0 Å². The summed E-state index contributed by atoms with van der Waals surface area (Å²) in [5, 5.41) is 14.7. The Morgan fingerprint density at radius 1 is 1.22 bits per heavy atom. The molecular formula is C18H27IN8. The fourth-order valence-corrected chi connectivity index (χ4v) is 2.84. The predicted molar refractivity (Wildman–Crippen MR) is 119 cm³/mol. The van der Waals surface area contributed by atoms with Gasteiger partial charge in [-0.05, 0) is 18.6 Å². The highest BCUT2D eigenvalue weighted by molar-refractivity contribution is 14.0. The molecule has 3 N–H and O–H groups in total. The van der Waals surface area contributed by atoms with Crippen LogP contribution in [0.5, 0.6) is 0 Å². The first-order valence-electron chi connectivity index (χ1n) is 9.05. The summed E-state index contributed by atoms with van der Waals surface area (Å²) in [7, 11) is 1.78. The molecule has 0 fully saturated rings. The molecule has 0 saturated heterocycles. The molecule has 0 amide bonds. The second-order valence-corrected chi connectivity index (χ2v) is 6.02. The van der Waals surface area contributed by atoms with Gasteiger partial charge in [-0.3, -0.25) is 4.99 Å². The van der Waals surface area contributed by atoms with Crippen LogP contribution in [-0.2, 0) is 19.4 Å². The van der Waals surface area contributed by atoms with E-state index in [9.17, 15) is 0 Å². The van der Waals surface area contributed by atoms with E-state index in [2.05, 4.69) is 53.3 Å². The molecule has 0 aliphatic heterocycles. The molecule has 9 heteroatoms. The van der Waals surface area contributed by atoms with Crippen LogP contribution in [0.2, 0.25) is 0 Å². The number of fused-ring (bicyclic) bond motifs is 1. The number of aliphatic imine (C=N–C) groups is 1. The van der Waals surface area contributed by atoms with Crippen LogP contribution in [-0.4, -0.2) is 50.8 Å². The molecule has 8 nitrogen and oxygen atoms in total. The number of aromatic amines is 1. The lowest BCUT2D eigenvalue weighted by Crippen LogP contribution is -2.39. The zero-order valence-electron chi connectivity index (χ0n) is 15.8. The van der Waals surface area contributed by atoms with Gasteiger partial charge in [-0.25, -0.2) is 4.98 Å². The van der Waals surface area contributed by atoms with Crippen molar-refractivity contribution in [2.24, 2.45) is 4.99 Å². The third-order valence-corrected chi connectivity index (χ3v) is 4.20. The number of nitrogens with zero attached hydrogens (tertiary/aromatic N) is 5.